The maximum absolute atomic E-state index is 13.2. The fourth-order valence-corrected chi connectivity index (χ4v) is 4.02. The van der Waals surface area contributed by atoms with Crippen LogP contribution in [0.2, 0.25) is 0 Å². The van der Waals surface area contributed by atoms with Crippen LogP contribution in [0.4, 0.5) is 14.6 Å². The molecule has 0 amide bonds. The zero-order chi connectivity index (χ0) is 20.8. The molecule has 7 heteroatoms. The molecule has 0 spiro atoms. The number of aromatic nitrogens is 3. The second-order valence-electron chi connectivity index (χ2n) is 8.04. The number of nitrogens with zero attached hydrogens (tertiary/aromatic N) is 3. The Hall–Kier alpha value is -2.83. The van der Waals surface area contributed by atoms with Crippen molar-refractivity contribution in [2.24, 2.45) is 0 Å². The summed E-state index contributed by atoms with van der Waals surface area (Å²) in [5, 5.41) is 4.03. The Morgan fingerprint density at radius 1 is 1.24 bits per heavy atom. The number of halogens is 2. The molecule has 152 valence electrons. The number of hydrogen-bond donors (Lipinski definition) is 1. The van der Waals surface area contributed by atoms with Gasteiger partial charge in [-0.25, -0.2) is 18.7 Å². The lowest BCUT2D eigenvalue weighted by atomic mass is 9.78. The average Bonchev–Trinajstić information content (AvgIpc) is 2.64. The van der Waals surface area contributed by atoms with Gasteiger partial charge in [0.2, 0.25) is 0 Å². The van der Waals surface area contributed by atoms with Crippen molar-refractivity contribution >= 4 is 16.7 Å². The molecule has 1 fully saturated rings. The first-order valence-corrected chi connectivity index (χ1v) is 9.80. The molecule has 5 nitrogen and oxygen atoms in total. The molecule has 1 saturated carbocycles. The van der Waals surface area contributed by atoms with Crippen molar-refractivity contribution in [1.29, 1.82) is 0 Å². The number of rotatable bonds is 5. The lowest BCUT2D eigenvalue weighted by Crippen LogP contribution is -2.43. The second kappa shape index (κ2) is 7.21. The highest BCUT2D eigenvalue weighted by atomic mass is 19.3. The molecule has 1 N–H and O–H groups in total. The number of anilines is 1. The fraction of sp³-hybridized carbons (Fsp3) is 0.409. The van der Waals surface area contributed by atoms with Crippen molar-refractivity contribution in [3.05, 3.63) is 63.3 Å². The van der Waals surface area contributed by atoms with Gasteiger partial charge in [0.15, 0.2) is 0 Å². The number of alkyl halides is 2. The summed E-state index contributed by atoms with van der Waals surface area (Å²) in [6, 6.07) is 6.48. The smallest absolute Gasteiger partial charge is 0.264 e. The highest BCUT2D eigenvalue weighted by Gasteiger charge is 2.34. The van der Waals surface area contributed by atoms with Crippen LogP contribution in [0, 0.1) is 13.8 Å². The largest absolute Gasteiger partial charge is 0.365 e. The van der Waals surface area contributed by atoms with E-state index in [-0.39, 0.29) is 16.7 Å². The fourth-order valence-electron chi connectivity index (χ4n) is 4.02. The molecule has 1 aromatic carbocycles. The molecular weight excluding hydrogens is 374 g/mol. The minimum atomic E-state index is -2.50. The summed E-state index contributed by atoms with van der Waals surface area (Å²) in [6.07, 6.45) is 2.37. The van der Waals surface area contributed by atoms with Crippen LogP contribution in [0.1, 0.15) is 55.1 Å². The average molecular weight is 398 g/mol. The Bertz CT molecular complexity index is 1140. The third-order valence-electron chi connectivity index (χ3n) is 6.02. The predicted molar refractivity (Wildman–Crippen MR) is 109 cm³/mol. The summed E-state index contributed by atoms with van der Waals surface area (Å²) in [4.78, 5) is 21.6. The standard InChI is InChI=1S/C22H24F2N4O/c1-13-15(6-4-7-16(13)20(23)24)11-25-21-17-12-28(22(3)8-5-9-22)19(29)10-18(17)26-14(2)27-21/h4,6-7,10,12,20H,5,8-9,11H2,1-3H3,(H,25,26,27). The zero-order valence-electron chi connectivity index (χ0n) is 16.8. The van der Waals surface area contributed by atoms with Crippen LogP contribution in [0.5, 0.6) is 0 Å². The molecule has 2 aromatic heterocycles. The van der Waals surface area contributed by atoms with E-state index in [1.165, 1.54) is 6.07 Å². The highest BCUT2D eigenvalue weighted by Crippen LogP contribution is 2.38. The number of nitrogens with one attached hydrogen (secondary N) is 1. The van der Waals surface area contributed by atoms with Crippen molar-refractivity contribution in [2.45, 2.75) is 58.5 Å². The van der Waals surface area contributed by atoms with Crippen LogP contribution in [-0.4, -0.2) is 14.5 Å². The van der Waals surface area contributed by atoms with Gasteiger partial charge in [-0.3, -0.25) is 4.79 Å². The normalized spacial score (nSPS) is 15.5. The van der Waals surface area contributed by atoms with Gasteiger partial charge in [0.05, 0.1) is 10.9 Å². The molecule has 0 aliphatic heterocycles. The van der Waals surface area contributed by atoms with Gasteiger partial charge in [-0.2, -0.15) is 0 Å². The van der Waals surface area contributed by atoms with Crippen LogP contribution in [0.25, 0.3) is 10.9 Å². The summed E-state index contributed by atoms with van der Waals surface area (Å²) in [5.41, 5.74) is 1.75. The van der Waals surface area contributed by atoms with Gasteiger partial charge in [0.25, 0.3) is 12.0 Å². The maximum atomic E-state index is 13.2. The van der Waals surface area contributed by atoms with Gasteiger partial charge in [0, 0.05) is 29.9 Å². The first-order chi connectivity index (χ1) is 13.8. The Morgan fingerprint density at radius 3 is 2.66 bits per heavy atom. The van der Waals surface area contributed by atoms with E-state index >= 15 is 0 Å². The van der Waals surface area contributed by atoms with E-state index in [1.54, 1.807) is 30.5 Å². The van der Waals surface area contributed by atoms with Gasteiger partial charge in [-0.05, 0) is 51.2 Å². The minimum Gasteiger partial charge on any atom is -0.365 e. The lowest BCUT2D eigenvalue weighted by Gasteiger charge is -2.40. The van der Waals surface area contributed by atoms with E-state index in [0.29, 0.717) is 29.3 Å². The molecule has 0 bridgehead atoms. The summed E-state index contributed by atoms with van der Waals surface area (Å²) in [6.45, 7) is 5.92. The number of hydrogen-bond acceptors (Lipinski definition) is 4. The van der Waals surface area contributed by atoms with Crippen molar-refractivity contribution in [3.8, 4) is 0 Å². The number of benzene rings is 1. The number of pyridine rings is 1. The quantitative estimate of drug-likeness (QED) is 0.667. The van der Waals surface area contributed by atoms with Crippen molar-refractivity contribution < 1.29 is 8.78 Å². The summed E-state index contributed by atoms with van der Waals surface area (Å²) in [7, 11) is 0. The maximum Gasteiger partial charge on any atom is 0.264 e. The highest BCUT2D eigenvalue weighted by molar-refractivity contribution is 5.88. The third kappa shape index (κ3) is 3.50. The summed E-state index contributed by atoms with van der Waals surface area (Å²) < 4.78 is 28.2. The number of fused-ring (bicyclic) bond motifs is 1. The molecule has 2 heterocycles. The molecule has 3 aromatic rings. The van der Waals surface area contributed by atoms with E-state index in [4.69, 9.17) is 0 Å². The van der Waals surface area contributed by atoms with Crippen molar-refractivity contribution in [3.63, 3.8) is 0 Å². The lowest BCUT2D eigenvalue weighted by molar-refractivity contribution is 0.150. The Morgan fingerprint density at radius 2 is 2.00 bits per heavy atom. The van der Waals surface area contributed by atoms with Gasteiger partial charge in [-0.15, -0.1) is 0 Å². The van der Waals surface area contributed by atoms with Crippen LogP contribution >= 0.6 is 0 Å². The van der Waals surface area contributed by atoms with Crippen LogP contribution in [0.15, 0.2) is 35.3 Å². The van der Waals surface area contributed by atoms with Gasteiger partial charge < -0.3 is 9.88 Å². The molecule has 4 rings (SSSR count). The zero-order valence-corrected chi connectivity index (χ0v) is 16.8. The van der Waals surface area contributed by atoms with Crippen molar-refractivity contribution in [1.82, 2.24) is 14.5 Å². The molecule has 0 radical (unpaired) electrons. The van der Waals surface area contributed by atoms with Gasteiger partial charge in [0.1, 0.15) is 11.6 Å². The first-order valence-electron chi connectivity index (χ1n) is 9.80. The molecular formula is C22H24F2N4O. The van der Waals surface area contributed by atoms with E-state index in [1.807, 2.05) is 12.3 Å². The van der Waals surface area contributed by atoms with Crippen LogP contribution in [-0.2, 0) is 12.1 Å². The first kappa shape index (κ1) is 19.5. The molecule has 29 heavy (non-hydrogen) atoms. The second-order valence-corrected chi connectivity index (χ2v) is 8.04. The summed E-state index contributed by atoms with van der Waals surface area (Å²) >= 11 is 0. The van der Waals surface area contributed by atoms with Gasteiger partial charge >= 0.3 is 0 Å². The Labute approximate surface area is 167 Å². The van der Waals surface area contributed by atoms with E-state index < -0.39 is 6.43 Å². The molecule has 1 aliphatic rings. The van der Waals surface area contributed by atoms with Gasteiger partial charge in [-0.1, -0.05) is 18.2 Å². The van der Waals surface area contributed by atoms with Crippen molar-refractivity contribution in [2.75, 3.05) is 5.32 Å². The minimum absolute atomic E-state index is 0.0415. The van der Waals surface area contributed by atoms with E-state index in [2.05, 4.69) is 22.2 Å². The monoisotopic (exact) mass is 398 g/mol. The van der Waals surface area contributed by atoms with E-state index in [0.717, 1.165) is 30.2 Å². The molecule has 0 saturated heterocycles. The topological polar surface area (TPSA) is 59.8 Å². The molecule has 1 aliphatic carbocycles. The Balaban J connectivity index is 1.73. The van der Waals surface area contributed by atoms with Crippen LogP contribution in [0.3, 0.4) is 0 Å². The van der Waals surface area contributed by atoms with Crippen LogP contribution < -0.4 is 10.9 Å². The number of aryl methyl sites for hydroxylation is 1. The molecule has 0 unspecified atom stereocenters. The summed E-state index contributed by atoms with van der Waals surface area (Å²) in [5.74, 6) is 1.15. The van der Waals surface area contributed by atoms with E-state index in [9.17, 15) is 13.6 Å². The third-order valence-corrected chi connectivity index (χ3v) is 6.02. The predicted octanol–water partition coefficient (Wildman–Crippen LogP) is 4.86. The Kier molecular flexibility index (Phi) is 4.84. The SMILES string of the molecule is Cc1nc(NCc2cccc(C(F)F)c2C)c2cn(C3(C)CCC3)c(=O)cc2n1. The molecule has 0 atom stereocenters.